The summed E-state index contributed by atoms with van der Waals surface area (Å²) in [6.07, 6.45) is 4.87. The molecule has 4 heteroatoms. The van der Waals surface area contributed by atoms with Crippen molar-refractivity contribution in [3.8, 4) is 0 Å². The van der Waals surface area contributed by atoms with E-state index in [0.717, 1.165) is 32.1 Å². The maximum absolute atomic E-state index is 12.1. The standard InChI is InChI=1S/C17H27NO3/c1-4-13-9-15(19)18(17(13)21)10-12-5-7-14(8-6-12)16(20)11(2)3/h11-14H,4-10H2,1-3H3/t12?,13-,14?/m0/s1. The number of hydrogen-bond donors (Lipinski definition) is 0. The first kappa shape index (κ1) is 16.2. The summed E-state index contributed by atoms with van der Waals surface area (Å²) >= 11 is 0. The lowest BCUT2D eigenvalue weighted by molar-refractivity contribution is -0.140. The fourth-order valence-corrected chi connectivity index (χ4v) is 3.62. The number of rotatable bonds is 5. The maximum Gasteiger partial charge on any atom is 0.232 e. The topological polar surface area (TPSA) is 54.5 Å². The minimum Gasteiger partial charge on any atom is -0.299 e. The second kappa shape index (κ2) is 6.71. The van der Waals surface area contributed by atoms with Gasteiger partial charge >= 0.3 is 0 Å². The van der Waals surface area contributed by atoms with Crippen LogP contribution in [0.25, 0.3) is 0 Å². The summed E-state index contributed by atoms with van der Waals surface area (Å²) in [5.41, 5.74) is 0. The highest BCUT2D eigenvalue weighted by Gasteiger charge is 2.39. The van der Waals surface area contributed by atoms with Crippen LogP contribution in [-0.2, 0) is 14.4 Å². The monoisotopic (exact) mass is 293 g/mol. The molecule has 0 radical (unpaired) electrons. The van der Waals surface area contributed by atoms with Crippen LogP contribution in [0.3, 0.4) is 0 Å². The molecule has 0 aromatic heterocycles. The third kappa shape index (κ3) is 3.53. The van der Waals surface area contributed by atoms with Crippen molar-refractivity contribution in [3.63, 3.8) is 0 Å². The minimum absolute atomic E-state index is 0.00719. The number of carbonyl (C=O) groups is 3. The van der Waals surface area contributed by atoms with Crippen LogP contribution in [0.1, 0.15) is 59.3 Å². The molecule has 1 aliphatic heterocycles. The van der Waals surface area contributed by atoms with E-state index in [9.17, 15) is 14.4 Å². The molecule has 0 N–H and O–H groups in total. The zero-order chi connectivity index (χ0) is 15.6. The Labute approximate surface area is 127 Å². The van der Waals surface area contributed by atoms with Crippen LogP contribution in [0.5, 0.6) is 0 Å². The molecule has 1 saturated heterocycles. The smallest absolute Gasteiger partial charge is 0.232 e. The lowest BCUT2D eigenvalue weighted by Gasteiger charge is -2.30. The number of hydrogen-bond acceptors (Lipinski definition) is 3. The summed E-state index contributed by atoms with van der Waals surface area (Å²) in [5.74, 6) is 0.956. The van der Waals surface area contributed by atoms with E-state index in [1.54, 1.807) is 0 Å². The predicted octanol–water partition coefficient (Wildman–Crippen LogP) is 2.80. The van der Waals surface area contributed by atoms with Crippen LogP contribution in [0, 0.1) is 23.7 Å². The molecule has 118 valence electrons. The average molecular weight is 293 g/mol. The van der Waals surface area contributed by atoms with E-state index >= 15 is 0 Å². The second-order valence-electron chi connectivity index (χ2n) is 6.93. The van der Waals surface area contributed by atoms with Gasteiger partial charge in [0.1, 0.15) is 5.78 Å². The van der Waals surface area contributed by atoms with Gasteiger partial charge in [-0.1, -0.05) is 20.8 Å². The van der Waals surface area contributed by atoms with Crippen molar-refractivity contribution in [2.24, 2.45) is 23.7 Å². The van der Waals surface area contributed by atoms with E-state index in [1.165, 1.54) is 4.90 Å². The molecule has 0 bridgehead atoms. The van der Waals surface area contributed by atoms with Gasteiger partial charge in [-0.3, -0.25) is 19.3 Å². The van der Waals surface area contributed by atoms with Gasteiger partial charge in [-0.25, -0.2) is 0 Å². The van der Waals surface area contributed by atoms with Crippen molar-refractivity contribution in [2.45, 2.75) is 59.3 Å². The van der Waals surface area contributed by atoms with Crippen molar-refractivity contribution in [1.82, 2.24) is 4.90 Å². The van der Waals surface area contributed by atoms with Crippen molar-refractivity contribution in [3.05, 3.63) is 0 Å². The first-order valence-electron chi connectivity index (χ1n) is 8.31. The number of imide groups is 1. The summed E-state index contributed by atoms with van der Waals surface area (Å²) in [6, 6.07) is 0. The summed E-state index contributed by atoms with van der Waals surface area (Å²) in [7, 11) is 0. The van der Waals surface area contributed by atoms with Gasteiger partial charge in [-0.05, 0) is 38.0 Å². The number of Topliss-reactive ketones (excluding diaryl/α,β-unsaturated/α-hetero) is 1. The minimum atomic E-state index is -0.101. The van der Waals surface area contributed by atoms with Gasteiger partial charge in [0.2, 0.25) is 11.8 Å². The third-order valence-electron chi connectivity index (χ3n) is 5.09. The van der Waals surface area contributed by atoms with Gasteiger partial charge < -0.3 is 0 Å². The molecule has 2 fully saturated rings. The molecule has 0 unspecified atom stereocenters. The van der Waals surface area contributed by atoms with Crippen LogP contribution < -0.4 is 0 Å². The molecule has 1 heterocycles. The average Bonchev–Trinajstić information content (AvgIpc) is 2.74. The van der Waals surface area contributed by atoms with Gasteiger partial charge in [-0.2, -0.15) is 0 Å². The van der Waals surface area contributed by atoms with Crippen molar-refractivity contribution in [2.75, 3.05) is 6.54 Å². The SMILES string of the molecule is CC[C@H]1CC(=O)N(CC2CCC(C(=O)C(C)C)CC2)C1=O. The van der Waals surface area contributed by atoms with Crippen molar-refractivity contribution >= 4 is 17.6 Å². The van der Waals surface area contributed by atoms with Gasteiger partial charge in [0.25, 0.3) is 0 Å². The highest BCUT2D eigenvalue weighted by molar-refractivity contribution is 6.03. The quantitative estimate of drug-likeness (QED) is 0.732. The zero-order valence-corrected chi connectivity index (χ0v) is 13.4. The molecule has 0 aromatic rings. The predicted molar refractivity (Wildman–Crippen MR) is 80.4 cm³/mol. The molecule has 2 aliphatic rings. The molecule has 1 saturated carbocycles. The molecule has 1 aliphatic carbocycles. The molecule has 0 aromatic carbocycles. The summed E-state index contributed by atoms with van der Waals surface area (Å²) < 4.78 is 0. The molecule has 2 amide bonds. The van der Waals surface area contributed by atoms with Crippen LogP contribution in [0.2, 0.25) is 0 Å². The summed E-state index contributed by atoms with van der Waals surface area (Å²) in [6.45, 7) is 6.45. The van der Waals surface area contributed by atoms with E-state index in [0.29, 0.717) is 24.7 Å². The molecule has 2 rings (SSSR count). The molecule has 0 spiro atoms. The van der Waals surface area contributed by atoms with Gasteiger partial charge in [0, 0.05) is 30.7 Å². The van der Waals surface area contributed by atoms with Gasteiger partial charge in [0.15, 0.2) is 0 Å². The van der Waals surface area contributed by atoms with Crippen LogP contribution in [0.15, 0.2) is 0 Å². The van der Waals surface area contributed by atoms with Crippen molar-refractivity contribution < 1.29 is 14.4 Å². The molecular weight excluding hydrogens is 266 g/mol. The van der Waals surface area contributed by atoms with Crippen molar-refractivity contribution in [1.29, 1.82) is 0 Å². The maximum atomic E-state index is 12.1. The fraction of sp³-hybridized carbons (Fsp3) is 0.824. The normalized spacial score (nSPS) is 30.3. The van der Waals surface area contributed by atoms with E-state index in [-0.39, 0.29) is 29.6 Å². The summed E-state index contributed by atoms with van der Waals surface area (Å²) in [5, 5.41) is 0. The Morgan fingerprint density at radius 3 is 2.29 bits per heavy atom. The number of likely N-dealkylation sites (tertiary alicyclic amines) is 1. The number of nitrogens with zero attached hydrogens (tertiary/aromatic N) is 1. The highest BCUT2D eigenvalue weighted by atomic mass is 16.2. The molecular formula is C17H27NO3. The Morgan fingerprint density at radius 2 is 1.81 bits per heavy atom. The molecule has 1 atom stereocenters. The first-order valence-corrected chi connectivity index (χ1v) is 8.31. The Balaban J connectivity index is 1.85. The Hall–Kier alpha value is -1.19. The largest absolute Gasteiger partial charge is 0.299 e. The number of amides is 2. The lowest BCUT2D eigenvalue weighted by Crippen LogP contribution is -2.37. The second-order valence-corrected chi connectivity index (χ2v) is 6.93. The van der Waals surface area contributed by atoms with Crippen LogP contribution in [0.4, 0.5) is 0 Å². The molecule has 4 nitrogen and oxygen atoms in total. The van der Waals surface area contributed by atoms with E-state index in [2.05, 4.69) is 0 Å². The number of carbonyl (C=O) groups excluding carboxylic acids is 3. The van der Waals surface area contributed by atoms with Crippen LogP contribution in [-0.4, -0.2) is 29.0 Å². The molecule has 21 heavy (non-hydrogen) atoms. The van der Waals surface area contributed by atoms with Gasteiger partial charge in [-0.15, -0.1) is 0 Å². The number of ketones is 1. The first-order chi connectivity index (χ1) is 9.93. The van der Waals surface area contributed by atoms with E-state index in [4.69, 9.17) is 0 Å². The van der Waals surface area contributed by atoms with Gasteiger partial charge in [0.05, 0.1) is 0 Å². The Bertz CT molecular complexity index is 422. The third-order valence-corrected chi connectivity index (χ3v) is 5.09. The lowest BCUT2D eigenvalue weighted by atomic mass is 9.77. The highest BCUT2D eigenvalue weighted by Crippen LogP contribution is 2.33. The Morgan fingerprint density at radius 1 is 1.19 bits per heavy atom. The zero-order valence-electron chi connectivity index (χ0n) is 13.4. The fourth-order valence-electron chi connectivity index (χ4n) is 3.62. The Kier molecular flexibility index (Phi) is 5.17. The summed E-state index contributed by atoms with van der Waals surface area (Å²) in [4.78, 5) is 37.6. The van der Waals surface area contributed by atoms with E-state index in [1.807, 2.05) is 20.8 Å². The van der Waals surface area contributed by atoms with Crippen LogP contribution >= 0.6 is 0 Å². The van der Waals surface area contributed by atoms with E-state index < -0.39 is 0 Å².